The Morgan fingerprint density at radius 2 is 1.89 bits per heavy atom. The van der Waals surface area contributed by atoms with E-state index in [-0.39, 0.29) is 30.1 Å². The molecule has 0 saturated carbocycles. The van der Waals surface area contributed by atoms with E-state index in [1.807, 2.05) is 26.0 Å². The van der Waals surface area contributed by atoms with Crippen LogP contribution in [-0.2, 0) is 16.0 Å². The van der Waals surface area contributed by atoms with Crippen molar-refractivity contribution in [1.82, 2.24) is 10.6 Å². The molecule has 1 aliphatic rings. The zero-order chi connectivity index (χ0) is 19.3. The fraction of sp³-hybridized carbons (Fsp3) is 0.667. The summed E-state index contributed by atoms with van der Waals surface area (Å²) < 4.78 is 16.8. The van der Waals surface area contributed by atoms with Gasteiger partial charge in [-0.25, -0.2) is 0 Å². The number of aliphatic imine (C=N–C) groups is 1. The first kappa shape index (κ1) is 25.0. The second kappa shape index (κ2) is 14.9. The molecule has 0 aliphatic carbocycles. The Hall–Kier alpha value is -1.06. The molecule has 0 atom stereocenters. The first-order valence-electron chi connectivity index (χ1n) is 10.0. The van der Waals surface area contributed by atoms with Gasteiger partial charge in [0.1, 0.15) is 5.75 Å². The summed E-state index contributed by atoms with van der Waals surface area (Å²) in [5.41, 5.74) is 1.19. The molecular weight excluding hydrogens is 469 g/mol. The fourth-order valence-corrected chi connectivity index (χ4v) is 2.91. The van der Waals surface area contributed by atoms with Gasteiger partial charge in [-0.05, 0) is 56.7 Å². The van der Waals surface area contributed by atoms with E-state index in [0.29, 0.717) is 5.92 Å². The number of guanidine groups is 1. The van der Waals surface area contributed by atoms with E-state index in [0.717, 1.165) is 70.5 Å². The molecule has 1 aromatic carbocycles. The van der Waals surface area contributed by atoms with Gasteiger partial charge < -0.3 is 24.8 Å². The average molecular weight is 505 g/mol. The van der Waals surface area contributed by atoms with Gasteiger partial charge in [-0.1, -0.05) is 12.1 Å². The van der Waals surface area contributed by atoms with Gasteiger partial charge in [0.05, 0.1) is 6.10 Å². The maximum atomic E-state index is 5.79. The van der Waals surface area contributed by atoms with Crippen LogP contribution >= 0.6 is 24.0 Å². The second-order valence-electron chi connectivity index (χ2n) is 7.15. The summed E-state index contributed by atoms with van der Waals surface area (Å²) in [6.45, 7) is 9.01. The first-order chi connectivity index (χ1) is 13.2. The standard InChI is InChI=1S/C21H35N3O3.HI/c1-17(2)27-20-7-5-18(6-8-20)15-24-21(22-3)23-11-4-12-26-16-19-9-13-25-14-10-19;/h5-8,17,19H,4,9-16H2,1-3H3,(H2,22,23,24);1H. The minimum absolute atomic E-state index is 0. The number of halogens is 1. The molecule has 1 fully saturated rings. The molecule has 6 nitrogen and oxygen atoms in total. The third kappa shape index (κ3) is 10.5. The van der Waals surface area contributed by atoms with Crippen LogP contribution in [-0.4, -0.2) is 52.1 Å². The molecule has 0 unspecified atom stereocenters. The summed E-state index contributed by atoms with van der Waals surface area (Å²) in [5.74, 6) is 2.37. The molecule has 0 aromatic heterocycles. The molecule has 2 N–H and O–H groups in total. The zero-order valence-corrected chi connectivity index (χ0v) is 19.7. The zero-order valence-electron chi connectivity index (χ0n) is 17.4. The van der Waals surface area contributed by atoms with Gasteiger partial charge in [0.2, 0.25) is 0 Å². The van der Waals surface area contributed by atoms with E-state index in [1.54, 1.807) is 7.05 Å². The van der Waals surface area contributed by atoms with E-state index in [9.17, 15) is 0 Å². The SMILES string of the molecule is CN=C(NCCCOCC1CCOCC1)NCc1ccc(OC(C)C)cc1.I. The minimum atomic E-state index is 0. The number of nitrogens with one attached hydrogen (secondary N) is 2. The van der Waals surface area contributed by atoms with Crippen LogP contribution in [0.25, 0.3) is 0 Å². The number of rotatable bonds is 10. The van der Waals surface area contributed by atoms with Crippen molar-refractivity contribution in [3.05, 3.63) is 29.8 Å². The lowest BCUT2D eigenvalue weighted by molar-refractivity contribution is 0.0203. The van der Waals surface area contributed by atoms with Gasteiger partial charge in [0.15, 0.2) is 5.96 Å². The van der Waals surface area contributed by atoms with Gasteiger partial charge in [0, 0.05) is 46.6 Å². The van der Waals surface area contributed by atoms with Crippen LogP contribution in [0.4, 0.5) is 0 Å². The highest BCUT2D eigenvalue weighted by Crippen LogP contribution is 2.15. The third-order valence-electron chi connectivity index (χ3n) is 4.43. The molecule has 160 valence electrons. The molecule has 0 bridgehead atoms. The van der Waals surface area contributed by atoms with E-state index < -0.39 is 0 Å². The number of hydrogen-bond acceptors (Lipinski definition) is 4. The fourth-order valence-electron chi connectivity index (χ4n) is 2.91. The summed E-state index contributed by atoms with van der Waals surface area (Å²) in [7, 11) is 1.79. The lowest BCUT2D eigenvalue weighted by Crippen LogP contribution is -2.37. The molecule has 1 aromatic rings. The van der Waals surface area contributed by atoms with Gasteiger partial charge in [-0.2, -0.15) is 0 Å². The Balaban J connectivity index is 0.00000392. The van der Waals surface area contributed by atoms with Gasteiger partial charge >= 0.3 is 0 Å². The molecule has 28 heavy (non-hydrogen) atoms. The monoisotopic (exact) mass is 505 g/mol. The van der Waals surface area contributed by atoms with Crippen molar-refractivity contribution in [2.75, 3.05) is 40.0 Å². The van der Waals surface area contributed by atoms with Crippen molar-refractivity contribution in [3.8, 4) is 5.75 Å². The van der Waals surface area contributed by atoms with Crippen LogP contribution < -0.4 is 15.4 Å². The van der Waals surface area contributed by atoms with Crippen LogP contribution in [0.15, 0.2) is 29.3 Å². The average Bonchev–Trinajstić information content (AvgIpc) is 2.68. The van der Waals surface area contributed by atoms with Crippen LogP contribution in [0, 0.1) is 5.92 Å². The third-order valence-corrected chi connectivity index (χ3v) is 4.43. The van der Waals surface area contributed by atoms with Crippen LogP contribution in [0.1, 0.15) is 38.7 Å². The number of benzene rings is 1. The predicted molar refractivity (Wildman–Crippen MR) is 125 cm³/mol. The Morgan fingerprint density at radius 3 is 2.54 bits per heavy atom. The van der Waals surface area contributed by atoms with Crippen LogP contribution in [0.3, 0.4) is 0 Å². The number of nitrogens with zero attached hydrogens (tertiary/aromatic N) is 1. The minimum Gasteiger partial charge on any atom is -0.491 e. The topological polar surface area (TPSA) is 64.1 Å². The van der Waals surface area contributed by atoms with E-state index in [1.165, 1.54) is 5.56 Å². The van der Waals surface area contributed by atoms with Crippen molar-refractivity contribution < 1.29 is 14.2 Å². The molecular formula is C21H36IN3O3. The maximum Gasteiger partial charge on any atom is 0.191 e. The largest absolute Gasteiger partial charge is 0.491 e. The van der Waals surface area contributed by atoms with E-state index >= 15 is 0 Å². The van der Waals surface area contributed by atoms with Gasteiger partial charge in [0.25, 0.3) is 0 Å². The summed E-state index contributed by atoms with van der Waals surface area (Å²) >= 11 is 0. The predicted octanol–water partition coefficient (Wildman–Crippen LogP) is 3.59. The summed E-state index contributed by atoms with van der Waals surface area (Å²) in [6, 6.07) is 8.15. The second-order valence-corrected chi connectivity index (χ2v) is 7.15. The van der Waals surface area contributed by atoms with E-state index in [4.69, 9.17) is 14.2 Å². The van der Waals surface area contributed by atoms with Crippen molar-refractivity contribution in [2.24, 2.45) is 10.9 Å². The summed E-state index contributed by atoms with van der Waals surface area (Å²) in [5, 5.41) is 6.66. The number of hydrogen-bond donors (Lipinski definition) is 2. The quantitative estimate of drug-likeness (QED) is 0.220. The molecule has 0 radical (unpaired) electrons. The highest BCUT2D eigenvalue weighted by Gasteiger charge is 2.13. The van der Waals surface area contributed by atoms with Gasteiger partial charge in [-0.3, -0.25) is 4.99 Å². The van der Waals surface area contributed by atoms with Crippen molar-refractivity contribution in [2.45, 2.75) is 45.8 Å². The highest BCUT2D eigenvalue weighted by atomic mass is 127. The van der Waals surface area contributed by atoms with E-state index in [2.05, 4.69) is 27.8 Å². The normalized spacial score (nSPS) is 15.2. The molecule has 0 spiro atoms. The van der Waals surface area contributed by atoms with Crippen LogP contribution in [0.5, 0.6) is 5.75 Å². The summed E-state index contributed by atoms with van der Waals surface area (Å²) in [4.78, 5) is 4.27. The van der Waals surface area contributed by atoms with Crippen molar-refractivity contribution in [1.29, 1.82) is 0 Å². The molecule has 2 rings (SSSR count). The Kier molecular flexibility index (Phi) is 13.3. The molecule has 1 aliphatic heterocycles. The molecule has 1 heterocycles. The first-order valence-corrected chi connectivity index (χ1v) is 10.0. The Morgan fingerprint density at radius 1 is 1.18 bits per heavy atom. The number of ether oxygens (including phenoxy) is 3. The molecule has 1 saturated heterocycles. The molecule has 7 heteroatoms. The van der Waals surface area contributed by atoms with Crippen molar-refractivity contribution in [3.63, 3.8) is 0 Å². The van der Waals surface area contributed by atoms with Gasteiger partial charge in [-0.15, -0.1) is 24.0 Å². The molecule has 0 amide bonds. The van der Waals surface area contributed by atoms with Crippen LogP contribution in [0.2, 0.25) is 0 Å². The lowest BCUT2D eigenvalue weighted by atomic mass is 10.0. The lowest BCUT2D eigenvalue weighted by Gasteiger charge is -2.21. The Labute approximate surface area is 186 Å². The van der Waals surface area contributed by atoms with Crippen molar-refractivity contribution >= 4 is 29.9 Å². The maximum absolute atomic E-state index is 5.79. The highest BCUT2D eigenvalue weighted by molar-refractivity contribution is 14.0. The Bertz CT molecular complexity index is 546. The smallest absolute Gasteiger partial charge is 0.191 e. The summed E-state index contributed by atoms with van der Waals surface area (Å²) in [6.07, 6.45) is 3.40.